The number of benzene rings is 2. The minimum absolute atomic E-state index is 0.104. The van der Waals surface area contributed by atoms with Crippen LogP contribution < -0.4 is 5.73 Å². The number of carbonyl (C=O) groups is 3. The van der Waals surface area contributed by atoms with Gasteiger partial charge in [0.1, 0.15) is 18.0 Å². The number of hydrogen-bond donors (Lipinski definition) is 1. The Kier molecular flexibility index (Phi) is 6.88. The van der Waals surface area contributed by atoms with Gasteiger partial charge in [-0.15, -0.1) is 11.8 Å². The van der Waals surface area contributed by atoms with Crippen molar-refractivity contribution in [1.29, 1.82) is 0 Å². The number of halogens is 1. The Labute approximate surface area is 198 Å². The number of nitrogens with two attached hydrogens (primary N) is 1. The van der Waals surface area contributed by atoms with E-state index in [1.165, 1.54) is 16.7 Å². The molecule has 9 heteroatoms. The van der Waals surface area contributed by atoms with Crippen LogP contribution in [0, 0.1) is 5.41 Å². The van der Waals surface area contributed by atoms with E-state index in [0.717, 1.165) is 11.1 Å². The summed E-state index contributed by atoms with van der Waals surface area (Å²) in [4.78, 5) is 40.5. The van der Waals surface area contributed by atoms with Crippen molar-refractivity contribution in [3.05, 3.63) is 71.8 Å². The SMILES string of the molecule is NC1C(=O)N2CC(C(=O)OCCBr)(C(=O)OC(c3ccccc3)c3ccccc3)CS[C@H]12. The molecule has 7 nitrogen and oxygen atoms in total. The van der Waals surface area contributed by atoms with Crippen LogP contribution in [-0.2, 0) is 23.9 Å². The van der Waals surface area contributed by atoms with Crippen molar-refractivity contribution >= 4 is 45.5 Å². The summed E-state index contributed by atoms with van der Waals surface area (Å²) in [6.45, 7) is 0.00364. The Bertz CT molecular complexity index is 953. The molecule has 2 aliphatic heterocycles. The number of ether oxygens (including phenoxy) is 2. The van der Waals surface area contributed by atoms with Gasteiger partial charge in [0.25, 0.3) is 0 Å². The fraction of sp³-hybridized carbons (Fsp3) is 0.348. The number of hydrogen-bond acceptors (Lipinski definition) is 7. The minimum atomic E-state index is -1.62. The monoisotopic (exact) mass is 518 g/mol. The first-order chi connectivity index (χ1) is 15.5. The number of thioether (sulfide) groups is 1. The fourth-order valence-corrected chi connectivity index (χ4v) is 5.51. The number of esters is 2. The van der Waals surface area contributed by atoms with E-state index in [9.17, 15) is 14.4 Å². The average Bonchev–Trinajstić information content (AvgIpc) is 2.85. The molecule has 0 saturated carbocycles. The molecule has 2 aliphatic rings. The van der Waals surface area contributed by atoms with Crippen molar-refractivity contribution in [3.63, 3.8) is 0 Å². The predicted molar refractivity (Wildman–Crippen MR) is 124 cm³/mol. The van der Waals surface area contributed by atoms with Gasteiger partial charge in [-0.3, -0.25) is 14.4 Å². The lowest BCUT2D eigenvalue weighted by Gasteiger charge is -2.52. The lowest BCUT2D eigenvalue weighted by molar-refractivity contribution is -0.177. The Morgan fingerprint density at radius 2 is 1.69 bits per heavy atom. The van der Waals surface area contributed by atoms with Gasteiger partial charge in [0.2, 0.25) is 5.91 Å². The van der Waals surface area contributed by atoms with Gasteiger partial charge in [0.05, 0.1) is 0 Å². The molecule has 1 amide bonds. The molecule has 2 aromatic rings. The minimum Gasteiger partial charge on any atom is -0.464 e. The van der Waals surface area contributed by atoms with Crippen molar-refractivity contribution in [3.8, 4) is 0 Å². The molecule has 2 heterocycles. The standard InChI is InChI=1S/C23H23BrN2O5S/c24-11-12-30-21(28)23(13-26-19(27)17(25)20(26)32-14-23)22(29)31-18(15-7-3-1-4-8-15)16-9-5-2-6-10-16/h1-10,17-18,20H,11-14,25H2/t17?,20-,23?/m1/s1. The summed E-state index contributed by atoms with van der Waals surface area (Å²) in [5, 5.41) is 0.190. The second-order valence-corrected chi connectivity index (χ2v) is 9.61. The van der Waals surface area contributed by atoms with Gasteiger partial charge in [-0.25, -0.2) is 0 Å². The Morgan fingerprint density at radius 3 is 2.25 bits per heavy atom. The van der Waals surface area contributed by atoms with Crippen molar-refractivity contribution in [2.24, 2.45) is 11.1 Å². The molecule has 2 fully saturated rings. The maximum absolute atomic E-state index is 13.6. The third-order valence-corrected chi connectivity index (χ3v) is 7.52. The molecule has 2 aromatic carbocycles. The normalized spacial score (nSPS) is 24.5. The summed E-state index contributed by atoms with van der Waals surface area (Å²) in [5.74, 6) is -1.56. The number of fused-ring (bicyclic) bond motifs is 1. The van der Waals surface area contributed by atoms with Gasteiger partial charge in [-0.2, -0.15) is 0 Å². The van der Waals surface area contributed by atoms with Gasteiger partial charge >= 0.3 is 11.9 Å². The average molecular weight is 519 g/mol. The van der Waals surface area contributed by atoms with E-state index in [1.807, 2.05) is 60.7 Å². The molecule has 2 unspecified atom stereocenters. The largest absolute Gasteiger partial charge is 0.464 e. The highest BCUT2D eigenvalue weighted by Gasteiger charge is 2.60. The summed E-state index contributed by atoms with van der Waals surface area (Å²) in [7, 11) is 0. The van der Waals surface area contributed by atoms with Crippen LogP contribution in [0.2, 0.25) is 0 Å². The predicted octanol–water partition coefficient (Wildman–Crippen LogP) is 2.49. The summed E-state index contributed by atoms with van der Waals surface area (Å²) in [6, 6.07) is 18.0. The number of alkyl halides is 1. The lowest BCUT2D eigenvalue weighted by Crippen LogP contribution is -2.73. The summed E-state index contributed by atoms with van der Waals surface area (Å²) in [5.41, 5.74) is 5.81. The zero-order valence-corrected chi connectivity index (χ0v) is 19.6. The van der Waals surface area contributed by atoms with Crippen LogP contribution in [-0.4, -0.2) is 58.4 Å². The van der Waals surface area contributed by atoms with Crippen molar-refractivity contribution in [2.45, 2.75) is 17.5 Å². The van der Waals surface area contributed by atoms with Gasteiger partial charge < -0.3 is 20.1 Å². The van der Waals surface area contributed by atoms with E-state index >= 15 is 0 Å². The fourth-order valence-electron chi connectivity index (χ4n) is 3.88. The van der Waals surface area contributed by atoms with Gasteiger partial charge in [-0.1, -0.05) is 76.6 Å². The van der Waals surface area contributed by atoms with Crippen LogP contribution >= 0.6 is 27.7 Å². The highest BCUT2D eigenvalue weighted by atomic mass is 79.9. The maximum Gasteiger partial charge on any atom is 0.327 e. The first-order valence-corrected chi connectivity index (χ1v) is 12.4. The summed E-state index contributed by atoms with van der Waals surface area (Å²) in [6.07, 6.45) is -0.706. The Hall–Kier alpha value is -2.36. The molecule has 0 aliphatic carbocycles. The highest BCUT2D eigenvalue weighted by molar-refractivity contribution is 9.09. The third-order valence-electron chi connectivity index (χ3n) is 5.64. The quantitative estimate of drug-likeness (QED) is 0.260. The molecule has 3 atom stereocenters. The van der Waals surface area contributed by atoms with E-state index in [4.69, 9.17) is 15.2 Å². The number of carbonyl (C=O) groups excluding carboxylic acids is 3. The van der Waals surface area contributed by atoms with Gasteiger partial charge in [-0.05, 0) is 11.1 Å². The van der Waals surface area contributed by atoms with E-state index in [0.29, 0.717) is 5.33 Å². The number of amides is 1. The molecule has 0 aromatic heterocycles. The summed E-state index contributed by atoms with van der Waals surface area (Å²) < 4.78 is 11.4. The van der Waals surface area contributed by atoms with E-state index in [-0.39, 0.29) is 30.2 Å². The number of β-lactam (4-membered cyclic amide) rings is 1. The molecule has 32 heavy (non-hydrogen) atoms. The molecule has 168 valence electrons. The molecular weight excluding hydrogens is 496 g/mol. The zero-order valence-electron chi connectivity index (χ0n) is 17.2. The van der Waals surface area contributed by atoms with E-state index in [1.54, 1.807) is 0 Å². The van der Waals surface area contributed by atoms with Crippen LogP contribution in [0.3, 0.4) is 0 Å². The number of rotatable bonds is 7. The van der Waals surface area contributed by atoms with Crippen LogP contribution in [0.25, 0.3) is 0 Å². The van der Waals surface area contributed by atoms with Crippen LogP contribution in [0.15, 0.2) is 60.7 Å². The zero-order chi connectivity index (χ0) is 22.7. The first-order valence-electron chi connectivity index (χ1n) is 10.2. The highest BCUT2D eigenvalue weighted by Crippen LogP contribution is 2.43. The second-order valence-electron chi connectivity index (χ2n) is 7.71. The first kappa shape index (κ1) is 22.8. The molecule has 2 N–H and O–H groups in total. The second kappa shape index (κ2) is 9.64. The van der Waals surface area contributed by atoms with Gasteiger partial charge in [0, 0.05) is 17.6 Å². The van der Waals surface area contributed by atoms with Crippen molar-refractivity contribution in [1.82, 2.24) is 4.90 Å². The lowest BCUT2D eigenvalue weighted by atomic mass is 9.87. The maximum atomic E-state index is 13.6. The van der Waals surface area contributed by atoms with Crippen molar-refractivity contribution < 1.29 is 23.9 Å². The third kappa shape index (κ3) is 4.16. The molecule has 4 rings (SSSR count). The van der Waals surface area contributed by atoms with Gasteiger partial charge in [0.15, 0.2) is 11.5 Å². The van der Waals surface area contributed by atoms with Crippen molar-refractivity contribution in [2.75, 3.05) is 24.2 Å². The molecule has 0 bridgehead atoms. The summed E-state index contributed by atoms with van der Waals surface area (Å²) >= 11 is 4.54. The number of nitrogens with zero attached hydrogens (tertiary/aromatic N) is 1. The molecule has 0 spiro atoms. The smallest absolute Gasteiger partial charge is 0.327 e. The Balaban J connectivity index is 1.65. The van der Waals surface area contributed by atoms with E-state index < -0.39 is 29.5 Å². The van der Waals surface area contributed by atoms with Crippen LogP contribution in [0.5, 0.6) is 0 Å². The van der Waals surface area contributed by atoms with E-state index in [2.05, 4.69) is 15.9 Å². The molecule has 0 radical (unpaired) electrons. The molecular formula is C23H23BrN2O5S. The van der Waals surface area contributed by atoms with Crippen LogP contribution in [0.1, 0.15) is 17.2 Å². The molecule has 2 saturated heterocycles. The Morgan fingerprint density at radius 1 is 1.09 bits per heavy atom. The topological polar surface area (TPSA) is 98.9 Å². The van der Waals surface area contributed by atoms with Crippen LogP contribution in [0.4, 0.5) is 0 Å².